The van der Waals surface area contributed by atoms with Crippen molar-refractivity contribution in [1.82, 2.24) is 9.78 Å². The fourth-order valence-electron chi connectivity index (χ4n) is 1.80. The van der Waals surface area contributed by atoms with E-state index in [9.17, 15) is 4.79 Å². The van der Waals surface area contributed by atoms with Gasteiger partial charge in [-0.15, -0.1) is 0 Å². The maximum Gasteiger partial charge on any atom is 0.161 e. The Hall–Kier alpha value is -2.23. The molecule has 0 saturated carbocycles. The lowest BCUT2D eigenvalue weighted by Crippen LogP contribution is -2.00. The summed E-state index contributed by atoms with van der Waals surface area (Å²) in [5.74, 6) is 0.0117. The van der Waals surface area contributed by atoms with Crippen molar-refractivity contribution in [2.75, 3.05) is 7.05 Å². The van der Waals surface area contributed by atoms with Crippen LogP contribution in [0.25, 0.3) is 5.57 Å². The van der Waals surface area contributed by atoms with E-state index in [4.69, 9.17) is 0 Å². The van der Waals surface area contributed by atoms with Crippen LogP contribution in [0.2, 0.25) is 0 Å². The van der Waals surface area contributed by atoms with Crippen molar-refractivity contribution >= 4 is 17.6 Å². The summed E-state index contributed by atoms with van der Waals surface area (Å²) in [5, 5.41) is 4.36. The van der Waals surface area contributed by atoms with Crippen molar-refractivity contribution in [1.29, 1.82) is 0 Å². The van der Waals surface area contributed by atoms with Gasteiger partial charge in [-0.3, -0.25) is 14.5 Å². The Morgan fingerprint density at radius 2 is 2.05 bits per heavy atom. The summed E-state index contributed by atoms with van der Waals surface area (Å²) in [6.45, 7) is 5.41. The summed E-state index contributed by atoms with van der Waals surface area (Å²) < 4.78 is 1.76. The third kappa shape index (κ3) is 4.16. The van der Waals surface area contributed by atoms with E-state index in [0.717, 1.165) is 16.8 Å². The quantitative estimate of drug-likeness (QED) is 0.469. The summed E-state index contributed by atoms with van der Waals surface area (Å²) in [6.07, 6.45) is 9.37. The third-order valence-corrected chi connectivity index (χ3v) is 2.90. The van der Waals surface area contributed by atoms with Crippen molar-refractivity contribution < 1.29 is 4.79 Å². The normalized spacial score (nSPS) is 14.2. The second-order valence-electron chi connectivity index (χ2n) is 4.49. The van der Waals surface area contributed by atoms with E-state index in [1.54, 1.807) is 24.9 Å². The number of rotatable bonds is 5. The number of carbonyl (C=O) groups is 1. The van der Waals surface area contributed by atoms with Gasteiger partial charge in [-0.25, -0.2) is 0 Å². The van der Waals surface area contributed by atoms with Crippen LogP contribution in [0.4, 0.5) is 0 Å². The van der Waals surface area contributed by atoms with Gasteiger partial charge in [0.15, 0.2) is 5.78 Å². The first-order chi connectivity index (χ1) is 9.49. The number of hydrogen-bond acceptors (Lipinski definition) is 3. The molecule has 0 fully saturated rings. The molecule has 0 aliphatic heterocycles. The number of nitrogens with zero attached hydrogens (tertiary/aromatic N) is 3. The van der Waals surface area contributed by atoms with Crippen LogP contribution in [0.5, 0.6) is 0 Å². The molecule has 0 amide bonds. The van der Waals surface area contributed by atoms with E-state index in [1.807, 2.05) is 51.4 Å². The van der Waals surface area contributed by atoms with Gasteiger partial charge in [0.25, 0.3) is 0 Å². The molecule has 0 spiro atoms. The molecule has 0 unspecified atom stereocenters. The molecule has 0 N–H and O–H groups in total. The maximum absolute atomic E-state index is 11.5. The zero-order chi connectivity index (χ0) is 15.1. The highest BCUT2D eigenvalue weighted by molar-refractivity contribution is 6.13. The van der Waals surface area contributed by atoms with Crippen LogP contribution in [0, 0.1) is 0 Å². The molecule has 106 valence electrons. The molecule has 0 aromatic carbocycles. The Kier molecular flexibility index (Phi) is 5.84. The SMILES string of the molecule is C\C=C(/C=C\C(C)=C(\C=NC)C(C)=O)c1ccn(C)n1. The number of aryl methyl sites for hydroxylation is 1. The molecule has 0 aliphatic carbocycles. The Balaban J connectivity index is 3.06. The van der Waals surface area contributed by atoms with Gasteiger partial charge in [-0.2, -0.15) is 5.10 Å². The van der Waals surface area contributed by atoms with Crippen molar-refractivity contribution in [3.8, 4) is 0 Å². The molecular weight excluding hydrogens is 250 g/mol. The average molecular weight is 271 g/mol. The van der Waals surface area contributed by atoms with E-state index in [0.29, 0.717) is 5.57 Å². The topological polar surface area (TPSA) is 47.2 Å². The lowest BCUT2D eigenvalue weighted by Gasteiger charge is -2.01. The van der Waals surface area contributed by atoms with Gasteiger partial charge >= 0.3 is 0 Å². The van der Waals surface area contributed by atoms with Crippen molar-refractivity contribution in [3.05, 3.63) is 47.3 Å². The number of aliphatic imine (C=N–C) groups is 1. The van der Waals surface area contributed by atoms with Crippen LogP contribution < -0.4 is 0 Å². The lowest BCUT2D eigenvalue weighted by molar-refractivity contribution is -0.113. The first-order valence-electron chi connectivity index (χ1n) is 6.48. The van der Waals surface area contributed by atoms with Crippen LogP contribution in [0.15, 0.2) is 46.6 Å². The van der Waals surface area contributed by atoms with E-state index < -0.39 is 0 Å². The van der Waals surface area contributed by atoms with Crippen LogP contribution in [0.3, 0.4) is 0 Å². The molecule has 4 heteroatoms. The van der Waals surface area contributed by atoms with Crippen LogP contribution in [-0.4, -0.2) is 28.8 Å². The standard InChI is InChI=1S/C16H21N3O/c1-6-14(16-9-10-19(5)18-16)8-7-12(2)15(11-17-4)13(3)20/h6-11H,1-5H3/b8-7-,14-6+,15-12-,17-11?. The second-order valence-corrected chi connectivity index (χ2v) is 4.49. The van der Waals surface area contributed by atoms with E-state index in [2.05, 4.69) is 10.1 Å². The third-order valence-electron chi connectivity index (χ3n) is 2.90. The number of hydrogen-bond donors (Lipinski definition) is 0. The number of allylic oxidation sites excluding steroid dienone is 6. The number of Topliss-reactive ketones (excluding diaryl/α,β-unsaturated/α-hetero) is 1. The number of ketones is 1. The Morgan fingerprint density at radius 3 is 2.50 bits per heavy atom. The van der Waals surface area contributed by atoms with Gasteiger partial charge in [0.05, 0.1) is 5.69 Å². The number of aromatic nitrogens is 2. The molecule has 1 aromatic rings. The summed E-state index contributed by atoms with van der Waals surface area (Å²) >= 11 is 0. The molecule has 20 heavy (non-hydrogen) atoms. The van der Waals surface area contributed by atoms with Crippen LogP contribution in [-0.2, 0) is 11.8 Å². The molecule has 4 nitrogen and oxygen atoms in total. The maximum atomic E-state index is 11.5. The average Bonchev–Trinajstić information content (AvgIpc) is 2.82. The molecule has 0 saturated heterocycles. The summed E-state index contributed by atoms with van der Waals surface area (Å²) in [4.78, 5) is 15.5. The monoisotopic (exact) mass is 271 g/mol. The zero-order valence-corrected chi connectivity index (χ0v) is 12.7. The summed E-state index contributed by atoms with van der Waals surface area (Å²) in [6, 6.07) is 1.96. The Morgan fingerprint density at radius 1 is 1.35 bits per heavy atom. The smallest absolute Gasteiger partial charge is 0.161 e. The summed E-state index contributed by atoms with van der Waals surface area (Å²) in [7, 11) is 3.54. The van der Waals surface area contributed by atoms with Gasteiger partial charge in [0.2, 0.25) is 0 Å². The van der Waals surface area contributed by atoms with Gasteiger partial charge < -0.3 is 0 Å². The molecule has 0 radical (unpaired) electrons. The molecule has 1 aromatic heterocycles. The Bertz CT molecular complexity index is 601. The van der Waals surface area contributed by atoms with Crippen LogP contribution >= 0.6 is 0 Å². The van der Waals surface area contributed by atoms with E-state index >= 15 is 0 Å². The van der Waals surface area contributed by atoms with E-state index in [-0.39, 0.29) is 5.78 Å². The molecule has 0 atom stereocenters. The first kappa shape index (κ1) is 15.8. The fraction of sp³-hybridized carbons (Fsp3) is 0.312. The minimum Gasteiger partial charge on any atom is -0.296 e. The fourth-order valence-corrected chi connectivity index (χ4v) is 1.80. The van der Waals surface area contributed by atoms with Gasteiger partial charge in [-0.05, 0) is 38.0 Å². The van der Waals surface area contributed by atoms with Gasteiger partial charge in [0, 0.05) is 32.1 Å². The molecule has 1 heterocycles. The largest absolute Gasteiger partial charge is 0.296 e. The highest BCUT2D eigenvalue weighted by Crippen LogP contribution is 2.15. The molecule has 0 aliphatic rings. The molecular formula is C16H21N3O. The summed E-state index contributed by atoms with van der Waals surface area (Å²) in [5.41, 5.74) is 3.44. The number of carbonyl (C=O) groups excluding carboxylic acids is 1. The van der Waals surface area contributed by atoms with Gasteiger partial charge in [0.1, 0.15) is 0 Å². The first-order valence-corrected chi connectivity index (χ1v) is 6.48. The van der Waals surface area contributed by atoms with E-state index in [1.165, 1.54) is 0 Å². The predicted octanol–water partition coefficient (Wildman–Crippen LogP) is 2.99. The second kappa shape index (κ2) is 7.38. The highest BCUT2D eigenvalue weighted by atomic mass is 16.1. The highest BCUT2D eigenvalue weighted by Gasteiger charge is 2.04. The molecule has 1 rings (SSSR count). The Labute approximate surface area is 120 Å². The minimum absolute atomic E-state index is 0.0117. The minimum atomic E-state index is 0.0117. The van der Waals surface area contributed by atoms with Crippen LogP contribution in [0.1, 0.15) is 26.5 Å². The van der Waals surface area contributed by atoms with Crippen molar-refractivity contribution in [2.45, 2.75) is 20.8 Å². The van der Waals surface area contributed by atoms with Crippen molar-refractivity contribution in [2.24, 2.45) is 12.0 Å². The molecule has 0 bridgehead atoms. The zero-order valence-electron chi connectivity index (χ0n) is 12.7. The lowest BCUT2D eigenvalue weighted by atomic mass is 10.0. The predicted molar refractivity (Wildman–Crippen MR) is 83.8 cm³/mol. The van der Waals surface area contributed by atoms with Crippen molar-refractivity contribution in [3.63, 3.8) is 0 Å². The van der Waals surface area contributed by atoms with Gasteiger partial charge in [-0.1, -0.05) is 18.2 Å².